The number of hydrogen-bond donors (Lipinski definition) is 0. The van der Waals surface area contributed by atoms with Crippen LogP contribution in [0.5, 0.6) is 11.5 Å². The Kier molecular flexibility index (Phi) is 4.94. The third kappa shape index (κ3) is 3.79. The van der Waals surface area contributed by atoms with E-state index in [1.165, 1.54) is 12.1 Å². The molecule has 1 heterocycles. The monoisotopic (exact) mass is 405 g/mol. The molecule has 5 nitrogen and oxygen atoms in total. The first-order valence-electron chi connectivity index (χ1n) is 9.01. The van der Waals surface area contributed by atoms with E-state index in [0.717, 1.165) is 33.3 Å². The minimum atomic E-state index is -3.88. The fourth-order valence-corrected chi connectivity index (χ4v) is 4.18. The Bertz CT molecular complexity index is 1290. The number of aryl methyl sites for hydroxylation is 1. The van der Waals surface area contributed by atoms with Crippen LogP contribution in [-0.2, 0) is 10.1 Å². The third-order valence-electron chi connectivity index (χ3n) is 4.67. The van der Waals surface area contributed by atoms with E-state index in [9.17, 15) is 8.42 Å². The maximum atomic E-state index is 12.5. The normalized spacial score (nSPS) is 11.4. The van der Waals surface area contributed by atoms with E-state index in [0.29, 0.717) is 5.75 Å². The summed E-state index contributed by atoms with van der Waals surface area (Å²) in [5.41, 5.74) is 3.50. The van der Waals surface area contributed by atoms with E-state index in [-0.39, 0.29) is 4.90 Å². The van der Waals surface area contributed by atoms with Gasteiger partial charge in [0.2, 0.25) is 0 Å². The minimum Gasteiger partial charge on any atom is -0.497 e. The van der Waals surface area contributed by atoms with Gasteiger partial charge < -0.3 is 8.92 Å². The summed E-state index contributed by atoms with van der Waals surface area (Å²) in [5.74, 6) is 1.05. The second-order valence-electron chi connectivity index (χ2n) is 6.57. The van der Waals surface area contributed by atoms with E-state index >= 15 is 0 Å². The van der Waals surface area contributed by atoms with Crippen molar-refractivity contribution in [1.29, 1.82) is 0 Å². The highest BCUT2D eigenvalue weighted by Gasteiger charge is 2.17. The predicted molar refractivity (Wildman–Crippen MR) is 113 cm³/mol. The fourth-order valence-electron chi connectivity index (χ4n) is 3.17. The summed E-state index contributed by atoms with van der Waals surface area (Å²) in [6, 6.07) is 21.2. The Hall–Kier alpha value is -3.38. The molecule has 0 aliphatic heterocycles. The van der Waals surface area contributed by atoms with Crippen molar-refractivity contribution in [2.75, 3.05) is 7.11 Å². The van der Waals surface area contributed by atoms with Crippen molar-refractivity contribution in [3.8, 4) is 22.6 Å². The van der Waals surface area contributed by atoms with Crippen LogP contribution in [0.15, 0.2) is 83.9 Å². The summed E-state index contributed by atoms with van der Waals surface area (Å²) in [7, 11) is -2.26. The number of benzene rings is 3. The molecular formula is C23H19NO4S. The molecule has 6 heteroatoms. The van der Waals surface area contributed by atoms with E-state index in [4.69, 9.17) is 8.92 Å². The van der Waals surface area contributed by atoms with Gasteiger partial charge in [0.25, 0.3) is 0 Å². The molecule has 0 aliphatic carbocycles. The van der Waals surface area contributed by atoms with Crippen LogP contribution >= 0.6 is 0 Å². The van der Waals surface area contributed by atoms with Crippen molar-refractivity contribution < 1.29 is 17.3 Å². The smallest absolute Gasteiger partial charge is 0.339 e. The van der Waals surface area contributed by atoms with Gasteiger partial charge >= 0.3 is 10.1 Å². The molecule has 0 amide bonds. The average Bonchev–Trinajstić information content (AvgIpc) is 2.75. The number of fused-ring (bicyclic) bond motifs is 1. The molecule has 0 saturated heterocycles. The van der Waals surface area contributed by atoms with Crippen molar-refractivity contribution in [2.24, 2.45) is 0 Å². The number of rotatable bonds is 5. The highest BCUT2D eigenvalue weighted by atomic mass is 32.2. The summed E-state index contributed by atoms with van der Waals surface area (Å²) in [6.45, 7) is 1.83. The molecule has 0 spiro atoms. The van der Waals surface area contributed by atoms with Crippen LogP contribution in [0.3, 0.4) is 0 Å². The Balaban J connectivity index is 1.70. The first-order valence-corrected chi connectivity index (χ1v) is 10.4. The molecule has 0 unspecified atom stereocenters. The van der Waals surface area contributed by atoms with Crippen LogP contribution in [0.1, 0.15) is 5.56 Å². The molecule has 4 aromatic rings. The van der Waals surface area contributed by atoms with Gasteiger partial charge in [-0.25, -0.2) is 0 Å². The minimum absolute atomic E-state index is 0.123. The first kappa shape index (κ1) is 19.0. The second-order valence-corrected chi connectivity index (χ2v) is 8.12. The molecule has 0 N–H and O–H groups in total. The second kappa shape index (κ2) is 7.56. The van der Waals surface area contributed by atoms with Gasteiger partial charge in [0.1, 0.15) is 16.4 Å². The van der Waals surface area contributed by atoms with E-state index in [1.807, 2.05) is 43.3 Å². The Morgan fingerprint density at radius 1 is 0.897 bits per heavy atom. The number of hydrogen-bond acceptors (Lipinski definition) is 5. The van der Waals surface area contributed by atoms with Gasteiger partial charge in [0.05, 0.1) is 12.6 Å². The molecular weight excluding hydrogens is 386 g/mol. The van der Waals surface area contributed by atoms with Crippen molar-refractivity contribution in [3.05, 3.63) is 84.6 Å². The van der Waals surface area contributed by atoms with Crippen molar-refractivity contribution in [2.45, 2.75) is 11.8 Å². The van der Waals surface area contributed by atoms with Crippen LogP contribution in [-0.4, -0.2) is 20.5 Å². The van der Waals surface area contributed by atoms with Crippen LogP contribution in [0, 0.1) is 6.92 Å². The summed E-state index contributed by atoms with van der Waals surface area (Å²) < 4.78 is 35.6. The molecule has 3 aromatic carbocycles. The summed E-state index contributed by atoms with van der Waals surface area (Å²) in [5, 5.41) is 0.985. The van der Waals surface area contributed by atoms with Crippen molar-refractivity contribution >= 4 is 21.0 Å². The largest absolute Gasteiger partial charge is 0.497 e. The van der Waals surface area contributed by atoms with Crippen LogP contribution < -0.4 is 8.92 Å². The number of methoxy groups -OCH3 is 1. The zero-order valence-corrected chi connectivity index (χ0v) is 16.8. The maximum absolute atomic E-state index is 12.5. The Morgan fingerprint density at radius 2 is 1.69 bits per heavy atom. The lowest BCUT2D eigenvalue weighted by Crippen LogP contribution is -2.10. The van der Waals surface area contributed by atoms with Crippen molar-refractivity contribution in [1.82, 2.24) is 4.98 Å². The van der Waals surface area contributed by atoms with Gasteiger partial charge in [-0.15, -0.1) is 0 Å². The third-order valence-corrected chi connectivity index (χ3v) is 5.92. The quantitative estimate of drug-likeness (QED) is 0.438. The highest BCUT2D eigenvalue weighted by molar-refractivity contribution is 7.87. The highest BCUT2D eigenvalue weighted by Crippen LogP contribution is 2.33. The molecule has 0 radical (unpaired) electrons. The summed E-state index contributed by atoms with van der Waals surface area (Å²) in [4.78, 5) is 4.54. The molecule has 0 aliphatic rings. The number of pyridine rings is 1. The lowest BCUT2D eigenvalue weighted by atomic mass is 9.99. The van der Waals surface area contributed by atoms with Gasteiger partial charge in [-0.3, -0.25) is 4.98 Å². The maximum Gasteiger partial charge on any atom is 0.339 e. The fraction of sp³-hybridized carbons (Fsp3) is 0.0870. The lowest BCUT2D eigenvalue weighted by molar-refractivity contribution is 0.415. The SMILES string of the molecule is COc1ccc2c(-c3ccc(OS(=O)(=O)c4ccccc4)c(C)c3)ccnc2c1. The van der Waals surface area contributed by atoms with Crippen LogP contribution in [0.25, 0.3) is 22.0 Å². The summed E-state index contributed by atoms with van der Waals surface area (Å²) >= 11 is 0. The molecule has 1 aromatic heterocycles. The molecule has 146 valence electrons. The van der Waals surface area contributed by atoms with Crippen molar-refractivity contribution in [3.63, 3.8) is 0 Å². The molecule has 0 bridgehead atoms. The van der Waals surface area contributed by atoms with Crippen LogP contribution in [0.4, 0.5) is 0 Å². The number of nitrogens with zero attached hydrogens (tertiary/aromatic N) is 1. The zero-order valence-electron chi connectivity index (χ0n) is 16.0. The standard InChI is InChI=1S/C23H19NO4S/c1-16-14-17(20-12-13-24-22-15-18(27-2)9-10-21(20)22)8-11-23(16)28-29(25,26)19-6-4-3-5-7-19/h3-15H,1-2H3. The van der Waals surface area contributed by atoms with Gasteiger partial charge in [-0.05, 0) is 66.1 Å². The molecule has 0 atom stereocenters. The van der Waals surface area contributed by atoms with E-state index < -0.39 is 10.1 Å². The summed E-state index contributed by atoms with van der Waals surface area (Å²) in [6.07, 6.45) is 1.75. The lowest BCUT2D eigenvalue weighted by Gasteiger charge is -2.12. The first-order chi connectivity index (χ1) is 14.0. The zero-order chi connectivity index (χ0) is 20.4. The average molecular weight is 405 g/mol. The Morgan fingerprint density at radius 3 is 2.41 bits per heavy atom. The predicted octanol–water partition coefficient (Wildman–Crippen LogP) is 4.99. The topological polar surface area (TPSA) is 65.5 Å². The molecule has 0 saturated carbocycles. The van der Waals surface area contributed by atoms with Gasteiger partial charge in [0.15, 0.2) is 0 Å². The molecule has 29 heavy (non-hydrogen) atoms. The molecule has 0 fully saturated rings. The van der Waals surface area contributed by atoms with Gasteiger partial charge in [0, 0.05) is 17.6 Å². The number of ether oxygens (including phenoxy) is 1. The van der Waals surface area contributed by atoms with Gasteiger partial charge in [-0.1, -0.05) is 24.3 Å². The molecule has 4 rings (SSSR count). The Labute approximate surface area is 169 Å². The van der Waals surface area contributed by atoms with Gasteiger partial charge in [-0.2, -0.15) is 8.42 Å². The van der Waals surface area contributed by atoms with E-state index in [2.05, 4.69) is 4.98 Å². The van der Waals surface area contributed by atoms with E-state index in [1.54, 1.807) is 37.6 Å². The number of aromatic nitrogens is 1. The van der Waals surface area contributed by atoms with Crippen LogP contribution in [0.2, 0.25) is 0 Å².